The van der Waals surface area contributed by atoms with Gasteiger partial charge in [0.25, 0.3) is 5.91 Å². The van der Waals surface area contributed by atoms with E-state index in [0.717, 1.165) is 30.1 Å². The fourth-order valence-electron chi connectivity index (χ4n) is 4.94. The summed E-state index contributed by atoms with van der Waals surface area (Å²) in [6, 6.07) is 32.6. The van der Waals surface area contributed by atoms with E-state index in [2.05, 4.69) is 58.4 Å². The van der Waals surface area contributed by atoms with Crippen molar-refractivity contribution in [2.45, 2.75) is 6.04 Å². The number of hydrogen-bond acceptors (Lipinski definition) is 5. The summed E-state index contributed by atoms with van der Waals surface area (Å²) in [7, 11) is 3.19. The molecule has 188 valence electrons. The third kappa shape index (κ3) is 5.34. The molecule has 0 atom stereocenters. The van der Waals surface area contributed by atoms with Gasteiger partial charge in [-0.2, -0.15) is 0 Å². The van der Waals surface area contributed by atoms with Crippen LogP contribution in [-0.4, -0.2) is 61.1 Å². The first kappa shape index (κ1) is 24.5. The number of hydrogen-bond donors (Lipinski definition) is 0. The van der Waals surface area contributed by atoms with Crippen molar-refractivity contribution in [1.29, 1.82) is 0 Å². The smallest absolute Gasteiger partial charge is 0.259 e. The van der Waals surface area contributed by atoms with Gasteiger partial charge in [-0.1, -0.05) is 72.8 Å². The molecule has 1 aliphatic rings. The van der Waals surface area contributed by atoms with E-state index in [0.29, 0.717) is 24.5 Å². The highest BCUT2D eigenvalue weighted by molar-refractivity contribution is 5.96. The Morgan fingerprint density at radius 1 is 0.757 bits per heavy atom. The molecule has 1 fully saturated rings. The van der Waals surface area contributed by atoms with Crippen LogP contribution in [0.2, 0.25) is 0 Å². The van der Waals surface area contributed by atoms with Gasteiger partial charge in [0.2, 0.25) is 5.88 Å². The Morgan fingerprint density at radius 3 is 2.00 bits per heavy atom. The molecule has 1 amide bonds. The van der Waals surface area contributed by atoms with E-state index in [4.69, 9.17) is 9.47 Å². The molecular weight excluding hydrogens is 462 g/mol. The van der Waals surface area contributed by atoms with Crippen molar-refractivity contribution in [2.24, 2.45) is 0 Å². The van der Waals surface area contributed by atoms with Crippen LogP contribution in [0.25, 0.3) is 11.3 Å². The van der Waals surface area contributed by atoms with Gasteiger partial charge < -0.3 is 14.4 Å². The Morgan fingerprint density at radius 2 is 1.41 bits per heavy atom. The number of piperazine rings is 1. The normalized spacial score (nSPS) is 14.0. The van der Waals surface area contributed by atoms with Crippen molar-refractivity contribution in [2.75, 3.05) is 40.4 Å². The molecule has 6 nitrogen and oxygen atoms in total. The molecular formula is C31H31N3O3. The van der Waals surface area contributed by atoms with Crippen LogP contribution in [0.1, 0.15) is 27.5 Å². The summed E-state index contributed by atoms with van der Waals surface area (Å²) in [4.78, 5) is 22.5. The first-order chi connectivity index (χ1) is 18.2. The molecule has 1 aliphatic heterocycles. The van der Waals surface area contributed by atoms with Gasteiger partial charge in [0.15, 0.2) is 0 Å². The van der Waals surface area contributed by atoms with E-state index in [9.17, 15) is 4.79 Å². The fourth-order valence-corrected chi connectivity index (χ4v) is 4.94. The van der Waals surface area contributed by atoms with Crippen LogP contribution < -0.4 is 9.47 Å². The highest BCUT2D eigenvalue weighted by Crippen LogP contribution is 2.31. The molecule has 1 saturated heterocycles. The van der Waals surface area contributed by atoms with E-state index in [-0.39, 0.29) is 11.9 Å². The van der Waals surface area contributed by atoms with Gasteiger partial charge in [0.1, 0.15) is 11.3 Å². The second kappa shape index (κ2) is 11.3. The lowest BCUT2D eigenvalue weighted by Gasteiger charge is -2.39. The molecule has 6 heteroatoms. The Labute approximate surface area is 218 Å². The predicted octanol–water partition coefficient (Wildman–Crippen LogP) is 5.31. The topological polar surface area (TPSA) is 54.9 Å². The van der Waals surface area contributed by atoms with Gasteiger partial charge >= 0.3 is 0 Å². The monoisotopic (exact) mass is 493 g/mol. The zero-order chi connectivity index (χ0) is 25.6. The largest absolute Gasteiger partial charge is 0.497 e. The number of rotatable bonds is 7. The molecule has 0 saturated carbocycles. The van der Waals surface area contributed by atoms with Crippen LogP contribution in [0.5, 0.6) is 11.6 Å². The lowest BCUT2D eigenvalue weighted by molar-refractivity contribution is 0.0593. The number of methoxy groups -OCH3 is 2. The standard InChI is InChI=1S/C31H31N3O3/c1-36-26-15-9-14-25(22-26)28-17-16-27(30(32-28)37-2)31(35)34-20-18-33(19-21-34)29(23-10-5-3-6-11-23)24-12-7-4-8-13-24/h3-17,22,29H,18-21H2,1-2H3. The van der Waals surface area contributed by atoms with Crippen LogP contribution in [0.3, 0.4) is 0 Å². The highest BCUT2D eigenvalue weighted by atomic mass is 16.5. The number of benzene rings is 3. The van der Waals surface area contributed by atoms with E-state index in [1.807, 2.05) is 53.4 Å². The number of aromatic nitrogens is 1. The molecule has 4 aromatic rings. The van der Waals surface area contributed by atoms with Gasteiger partial charge in [-0.05, 0) is 35.4 Å². The minimum Gasteiger partial charge on any atom is -0.497 e. The molecule has 3 aromatic carbocycles. The second-order valence-electron chi connectivity index (χ2n) is 9.04. The molecule has 0 bridgehead atoms. The van der Waals surface area contributed by atoms with Crippen LogP contribution in [0.4, 0.5) is 0 Å². The van der Waals surface area contributed by atoms with E-state index in [1.54, 1.807) is 14.2 Å². The highest BCUT2D eigenvalue weighted by Gasteiger charge is 2.30. The third-order valence-electron chi connectivity index (χ3n) is 6.85. The summed E-state index contributed by atoms with van der Waals surface area (Å²) in [5.41, 5.74) is 4.62. The summed E-state index contributed by atoms with van der Waals surface area (Å²) < 4.78 is 10.9. The fraction of sp³-hybridized carbons (Fsp3) is 0.226. The minimum atomic E-state index is -0.0582. The molecule has 1 aromatic heterocycles. The predicted molar refractivity (Wildman–Crippen MR) is 145 cm³/mol. The first-order valence-corrected chi connectivity index (χ1v) is 12.5. The Balaban J connectivity index is 1.33. The van der Waals surface area contributed by atoms with Gasteiger partial charge in [0, 0.05) is 31.7 Å². The van der Waals surface area contributed by atoms with Crippen LogP contribution >= 0.6 is 0 Å². The molecule has 37 heavy (non-hydrogen) atoms. The molecule has 0 aliphatic carbocycles. The molecule has 0 radical (unpaired) electrons. The minimum absolute atomic E-state index is 0.0582. The van der Waals surface area contributed by atoms with Crippen molar-refractivity contribution in [3.63, 3.8) is 0 Å². The maximum Gasteiger partial charge on any atom is 0.259 e. The quantitative estimate of drug-likeness (QED) is 0.349. The van der Waals surface area contributed by atoms with Crippen molar-refractivity contribution in [1.82, 2.24) is 14.8 Å². The van der Waals surface area contributed by atoms with Crippen LogP contribution in [0.15, 0.2) is 97.1 Å². The summed E-state index contributed by atoms with van der Waals surface area (Å²) in [5, 5.41) is 0. The summed E-state index contributed by atoms with van der Waals surface area (Å²) >= 11 is 0. The summed E-state index contributed by atoms with van der Waals surface area (Å²) in [5.74, 6) is 1.02. The number of amides is 1. The van der Waals surface area contributed by atoms with E-state index < -0.39 is 0 Å². The average molecular weight is 494 g/mol. The maximum atomic E-state index is 13.5. The number of carbonyl (C=O) groups is 1. The third-order valence-corrected chi connectivity index (χ3v) is 6.85. The van der Waals surface area contributed by atoms with Gasteiger partial charge in [-0.3, -0.25) is 9.69 Å². The summed E-state index contributed by atoms with van der Waals surface area (Å²) in [6.07, 6.45) is 0. The average Bonchev–Trinajstić information content (AvgIpc) is 2.98. The van der Waals surface area contributed by atoms with Crippen LogP contribution in [0, 0.1) is 0 Å². The molecule has 0 N–H and O–H groups in total. The number of nitrogens with zero attached hydrogens (tertiary/aromatic N) is 3. The Hall–Kier alpha value is -4.16. The number of ether oxygens (including phenoxy) is 2. The SMILES string of the molecule is COc1cccc(-c2ccc(C(=O)N3CCN(C(c4ccccc4)c4ccccc4)CC3)c(OC)n2)c1. The van der Waals surface area contributed by atoms with E-state index in [1.165, 1.54) is 11.1 Å². The molecule has 5 rings (SSSR count). The van der Waals surface area contributed by atoms with Crippen molar-refractivity contribution < 1.29 is 14.3 Å². The lowest BCUT2D eigenvalue weighted by atomic mass is 9.96. The second-order valence-corrected chi connectivity index (χ2v) is 9.04. The van der Waals surface area contributed by atoms with Crippen molar-refractivity contribution in [3.05, 3.63) is 114 Å². The summed E-state index contributed by atoms with van der Waals surface area (Å²) in [6.45, 7) is 2.82. The van der Waals surface area contributed by atoms with Crippen molar-refractivity contribution >= 4 is 5.91 Å². The van der Waals surface area contributed by atoms with Gasteiger partial charge in [0.05, 0.1) is 26.0 Å². The van der Waals surface area contributed by atoms with Gasteiger partial charge in [-0.25, -0.2) is 4.98 Å². The first-order valence-electron chi connectivity index (χ1n) is 12.5. The maximum absolute atomic E-state index is 13.5. The van der Waals surface area contributed by atoms with Crippen molar-refractivity contribution in [3.8, 4) is 22.9 Å². The lowest BCUT2D eigenvalue weighted by Crippen LogP contribution is -2.50. The molecule has 0 unspecified atom stereocenters. The van der Waals surface area contributed by atoms with Crippen LogP contribution in [-0.2, 0) is 0 Å². The van der Waals surface area contributed by atoms with E-state index >= 15 is 0 Å². The number of pyridine rings is 1. The zero-order valence-electron chi connectivity index (χ0n) is 21.2. The Bertz CT molecular complexity index is 1300. The zero-order valence-corrected chi connectivity index (χ0v) is 21.2. The number of carbonyl (C=O) groups excluding carboxylic acids is 1. The Kier molecular flexibility index (Phi) is 7.47. The molecule has 0 spiro atoms. The molecule has 2 heterocycles. The van der Waals surface area contributed by atoms with Gasteiger partial charge in [-0.15, -0.1) is 0 Å².